The monoisotopic (exact) mass is 388 g/mol. The molecule has 2 aromatic heterocycles. The Morgan fingerprint density at radius 3 is 2.69 bits per heavy atom. The number of fused-ring (bicyclic) bond motifs is 2. The summed E-state index contributed by atoms with van der Waals surface area (Å²) in [4.78, 5) is 3.18. The third kappa shape index (κ3) is 3.09. The maximum atomic E-state index is 14.5. The number of halogens is 1. The molecule has 0 fully saturated rings. The van der Waals surface area contributed by atoms with Crippen LogP contribution in [0.2, 0.25) is 0 Å². The summed E-state index contributed by atoms with van der Waals surface area (Å²) in [5.41, 5.74) is 6.39. The highest BCUT2D eigenvalue weighted by Gasteiger charge is 2.26. The SMILES string of the molecule is Cc1cc(CC(C)c2c[nH]c3cccc(F)c23)c2[nH]nc(C#N)c2c1C(C)(C)C. The first-order valence-electron chi connectivity index (χ1n) is 9.89. The van der Waals surface area contributed by atoms with Gasteiger partial charge in [0.05, 0.1) is 5.52 Å². The van der Waals surface area contributed by atoms with Gasteiger partial charge in [0, 0.05) is 22.5 Å². The lowest BCUT2D eigenvalue weighted by Crippen LogP contribution is -2.15. The number of aromatic nitrogens is 3. The second-order valence-electron chi connectivity index (χ2n) is 8.92. The second-order valence-corrected chi connectivity index (χ2v) is 8.92. The molecule has 0 bridgehead atoms. The average molecular weight is 388 g/mol. The van der Waals surface area contributed by atoms with Crippen molar-refractivity contribution >= 4 is 21.8 Å². The maximum Gasteiger partial charge on any atom is 0.170 e. The molecular weight excluding hydrogens is 363 g/mol. The van der Waals surface area contributed by atoms with Crippen molar-refractivity contribution in [1.29, 1.82) is 5.26 Å². The van der Waals surface area contributed by atoms with Gasteiger partial charge in [-0.2, -0.15) is 10.4 Å². The van der Waals surface area contributed by atoms with Crippen molar-refractivity contribution in [3.8, 4) is 6.07 Å². The minimum atomic E-state index is -0.205. The lowest BCUT2D eigenvalue weighted by atomic mass is 9.79. The van der Waals surface area contributed by atoms with Crippen molar-refractivity contribution in [2.75, 3.05) is 0 Å². The normalized spacial score (nSPS) is 13.1. The predicted molar refractivity (Wildman–Crippen MR) is 115 cm³/mol. The van der Waals surface area contributed by atoms with E-state index in [-0.39, 0.29) is 17.2 Å². The van der Waals surface area contributed by atoms with Gasteiger partial charge in [-0.3, -0.25) is 5.10 Å². The lowest BCUT2D eigenvalue weighted by molar-refractivity contribution is 0.591. The van der Waals surface area contributed by atoms with Gasteiger partial charge >= 0.3 is 0 Å². The molecule has 0 aliphatic rings. The summed E-state index contributed by atoms with van der Waals surface area (Å²) < 4.78 is 14.5. The van der Waals surface area contributed by atoms with Crippen LogP contribution in [0.3, 0.4) is 0 Å². The molecule has 0 spiro atoms. The van der Waals surface area contributed by atoms with Gasteiger partial charge in [0.15, 0.2) is 5.69 Å². The summed E-state index contributed by atoms with van der Waals surface area (Å²) >= 11 is 0. The van der Waals surface area contributed by atoms with E-state index in [9.17, 15) is 9.65 Å². The van der Waals surface area contributed by atoms with Gasteiger partial charge in [0.1, 0.15) is 11.9 Å². The van der Waals surface area contributed by atoms with E-state index >= 15 is 0 Å². The molecule has 0 aliphatic carbocycles. The number of nitriles is 1. The van der Waals surface area contributed by atoms with E-state index in [0.29, 0.717) is 11.1 Å². The Kier molecular flexibility index (Phi) is 4.46. The molecule has 5 heteroatoms. The molecule has 29 heavy (non-hydrogen) atoms. The number of hydrogen-bond acceptors (Lipinski definition) is 2. The van der Waals surface area contributed by atoms with Crippen molar-refractivity contribution in [2.24, 2.45) is 0 Å². The Balaban J connectivity index is 1.85. The minimum absolute atomic E-state index is 0.0950. The third-order valence-electron chi connectivity index (χ3n) is 5.72. The highest BCUT2D eigenvalue weighted by molar-refractivity contribution is 5.92. The molecule has 2 aromatic carbocycles. The van der Waals surface area contributed by atoms with Crippen molar-refractivity contribution in [3.63, 3.8) is 0 Å². The van der Waals surface area contributed by atoms with E-state index in [1.54, 1.807) is 6.07 Å². The molecule has 0 aliphatic heterocycles. The number of nitrogens with zero attached hydrogens (tertiary/aromatic N) is 2. The Morgan fingerprint density at radius 1 is 1.24 bits per heavy atom. The van der Waals surface area contributed by atoms with Crippen LogP contribution in [-0.2, 0) is 11.8 Å². The number of hydrogen-bond donors (Lipinski definition) is 2. The van der Waals surface area contributed by atoms with E-state index in [0.717, 1.165) is 45.1 Å². The fraction of sp³-hybridized carbons (Fsp3) is 0.333. The quantitative estimate of drug-likeness (QED) is 0.451. The van der Waals surface area contributed by atoms with Crippen LogP contribution in [0.1, 0.15) is 61.6 Å². The summed E-state index contributed by atoms with van der Waals surface area (Å²) in [5, 5.41) is 18.5. The zero-order chi connectivity index (χ0) is 20.9. The Hall–Kier alpha value is -3.13. The molecule has 0 saturated heterocycles. The van der Waals surface area contributed by atoms with Gasteiger partial charge in [0.2, 0.25) is 0 Å². The summed E-state index contributed by atoms with van der Waals surface area (Å²) in [7, 11) is 0. The number of H-pyrrole nitrogens is 2. The van der Waals surface area contributed by atoms with Crippen LogP contribution >= 0.6 is 0 Å². The standard InChI is InChI=1S/C24H25FN4/c1-13(16-12-27-18-8-6-7-17(25)20(16)18)9-15-10-14(2)22(24(3,4)5)21-19(11-26)28-29-23(15)21/h6-8,10,12-13,27H,9H2,1-5H3,(H,28,29). The first-order valence-corrected chi connectivity index (χ1v) is 9.89. The average Bonchev–Trinajstić information content (AvgIpc) is 3.25. The summed E-state index contributed by atoms with van der Waals surface area (Å²) in [6.45, 7) is 10.7. The molecule has 0 amide bonds. The number of aromatic amines is 2. The van der Waals surface area contributed by atoms with Crippen LogP contribution in [0.5, 0.6) is 0 Å². The smallest absolute Gasteiger partial charge is 0.170 e. The lowest BCUT2D eigenvalue weighted by Gasteiger charge is -2.24. The maximum absolute atomic E-state index is 14.5. The molecule has 2 heterocycles. The van der Waals surface area contributed by atoms with Gasteiger partial charge in [-0.05, 0) is 59.1 Å². The first kappa shape index (κ1) is 19.2. The highest BCUT2D eigenvalue weighted by atomic mass is 19.1. The minimum Gasteiger partial charge on any atom is -0.361 e. The fourth-order valence-electron chi connectivity index (χ4n) is 4.62. The van der Waals surface area contributed by atoms with Crippen molar-refractivity contribution in [2.45, 2.75) is 52.4 Å². The van der Waals surface area contributed by atoms with E-state index in [2.05, 4.69) is 61.9 Å². The van der Waals surface area contributed by atoms with Crippen LogP contribution in [0.4, 0.5) is 4.39 Å². The molecule has 4 aromatic rings. The Labute approximate surface area is 169 Å². The third-order valence-corrected chi connectivity index (χ3v) is 5.72. The molecule has 0 radical (unpaired) electrons. The number of aryl methyl sites for hydroxylation is 1. The van der Waals surface area contributed by atoms with E-state index < -0.39 is 0 Å². The van der Waals surface area contributed by atoms with E-state index in [1.165, 1.54) is 6.07 Å². The van der Waals surface area contributed by atoms with Crippen LogP contribution in [0, 0.1) is 24.1 Å². The first-order chi connectivity index (χ1) is 13.7. The van der Waals surface area contributed by atoms with Crippen molar-refractivity contribution in [3.05, 3.63) is 64.2 Å². The predicted octanol–water partition coefficient (Wildman–Crippen LogP) is 6.01. The summed E-state index contributed by atoms with van der Waals surface area (Å²) in [5.74, 6) is -0.110. The van der Waals surface area contributed by atoms with Gasteiger partial charge < -0.3 is 4.98 Å². The fourth-order valence-corrected chi connectivity index (χ4v) is 4.62. The molecule has 2 N–H and O–H groups in total. The largest absolute Gasteiger partial charge is 0.361 e. The van der Waals surface area contributed by atoms with Gasteiger partial charge in [0.25, 0.3) is 0 Å². The van der Waals surface area contributed by atoms with Crippen molar-refractivity contribution in [1.82, 2.24) is 15.2 Å². The highest BCUT2D eigenvalue weighted by Crippen LogP contribution is 2.38. The summed E-state index contributed by atoms with van der Waals surface area (Å²) in [6.07, 6.45) is 2.62. The number of rotatable bonds is 3. The Morgan fingerprint density at radius 2 is 2.00 bits per heavy atom. The second kappa shape index (κ2) is 6.73. The zero-order valence-electron chi connectivity index (χ0n) is 17.4. The summed E-state index contributed by atoms with van der Waals surface area (Å²) in [6, 6.07) is 9.53. The molecule has 1 unspecified atom stereocenters. The van der Waals surface area contributed by atoms with E-state index in [1.807, 2.05) is 12.3 Å². The number of nitrogens with one attached hydrogen (secondary N) is 2. The molecule has 4 rings (SSSR count). The van der Waals surface area contributed by atoms with Gasteiger partial charge in [-0.15, -0.1) is 0 Å². The van der Waals surface area contributed by atoms with Crippen molar-refractivity contribution < 1.29 is 4.39 Å². The van der Waals surface area contributed by atoms with E-state index in [4.69, 9.17) is 0 Å². The molecule has 1 atom stereocenters. The molecular formula is C24H25FN4. The molecule has 0 saturated carbocycles. The molecule has 148 valence electrons. The van der Waals surface area contributed by atoms with Crippen LogP contribution < -0.4 is 0 Å². The van der Waals surface area contributed by atoms with Gasteiger partial charge in [-0.1, -0.05) is 39.8 Å². The Bertz CT molecular complexity index is 1260. The zero-order valence-corrected chi connectivity index (χ0v) is 17.4. The van der Waals surface area contributed by atoms with Crippen LogP contribution in [0.25, 0.3) is 21.8 Å². The van der Waals surface area contributed by atoms with Crippen LogP contribution in [0.15, 0.2) is 30.5 Å². The number of benzene rings is 2. The molecule has 4 nitrogen and oxygen atoms in total. The topological polar surface area (TPSA) is 68.3 Å². The van der Waals surface area contributed by atoms with Crippen LogP contribution in [-0.4, -0.2) is 15.2 Å². The van der Waals surface area contributed by atoms with Gasteiger partial charge in [-0.25, -0.2) is 4.39 Å².